The summed E-state index contributed by atoms with van der Waals surface area (Å²) in [7, 11) is 2.16. The standard InChI is InChI=1S/C27H34N6O2S/c1-4-17-12-19(14-29-24(17)28)30-25(34)27(35)33-15-16(2)7-9-21(33)18-8-10-23-20(13-18)31-26(36-23)22-6-5-11-32(22)3/h8,10,12-14,16,21-22H,4-7,9,11,15H2,1-3H3,(H2,28,29)(H,30,34)/t16-,21+,22?/m0/s1. The summed E-state index contributed by atoms with van der Waals surface area (Å²) in [4.78, 5) is 39.6. The zero-order valence-corrected chi connectivity index (χ0v) is 22.0. The first kappa shape index (κ1) is 24.6. The Labute approximate surface area is 215 Å². The van der Waals surface area contributed by atoms with Gasteiger partial charge in [0.25, 0.3) is 0 Å². The molecule has 3 atom stereocenters. The molecule has 0 bridgehead atoms. The second-order valence-corrected chi connectivity index (χ2v) is 11.2. The van der Waals surface area contributed by atoms with Crippen molar-refractivity contribution in [2.45, 2.75) is 58.0 Å². The van der Waals surface area contributed by atoms with Gasteiger partial charge in [0.05, 0.1) is 34.2 Å². The third-order valence-corrected chi connectivity index (χ3v) is 8.67. The first-order valence-corrected chi connectivity index (χ1v) is 13.6. The molecule has 9 heteroatoms. The molecule has 4 heterocycles. The number of carbonyl (C=O) groups is 2. The van der Waals surface area contributed by atoms with E-state index in [9.17, 15) is 9.59 Å². The van der Waals surface area contributed by atoms with Crippen molar-refractivity contribution < 1.29 is 9.59 Å². The van der Waals surface area contributed by atoms with Crippen molar-refractivity contribution >= 4 is 44.9 Å². The Bertz CT molecular complexity index is 1290. The van der Waals surface area contributed by atoms with E-state index in [2.05, 4.69) is 47.4 Å². The van der Waals surface area contributed by atoms with Gasteiger partial charge in [-0.05, 0) is 80.9 Å². The number of hydrogen-bond donors (Lipinski definition) is 2. The number of anilines is 2. The molecule has 3 aromatic rings. The quantitative estimate of drug-likeness (QED) is 0.504. The summed E-state index contributed by atoms with van der Waals surface area (Å²) < 4.78 is 1.16. The Hall–Kier alpha value is -3.04. The SMILES string of the molecule is CCc1cc(NC(=O)C(=O)N2C[C@@H](C)CC[C@@H]2c2ccc3sc(C4CCCN4C)nc3c2)cnc1N. The van der Waals surface area contributed by atoms with Crippen LogP contribution in [0.1, 0.15) is 67.7 Å². The van der Waals surface area contributed by atoms with E-state index in [0.717, 1.165) is 52.2 Å². The number of aromatic nitrogens is 2. The van der Waals surface area contributed by atoms with Crippen molar-refractivity contribution in [2.24, 2.45) is 5.92 Å². The summed E-state index contributed by atoms with van der Waals surface area (Å²) in [6.45, 7) is 5.75. The number of hydrogen-bond acceptors (Lipinski definition) is 7. The molecule has 2 amide bonds. The molecule has 190 valence electrons. The lowest BCUT2D eigenvalue weighted by molar-refractivity contribution is -0.146. The Morgan fingerprint density at radius 3 is 2.78 bits per heavy atom. The van der Waals surface area contributed by atoms with Crippen LogP contribution in [0.2, 0.25) is 0 Å². The van der Waals surface area contributed by atoms with E-state index in [0.29, 0.717) is 36.4 Å². The highest BCUT2D eigenvalue weighted by Crippen LogP contribution is 2.38. The number of amides is 2. The Morgan fingerprint density at radius 1 is 1.19 bits per heavy atom. The molecule has 3 N–H and O–H groups in total. The van der Waals surface area contributed by atoms with Gasteiger partial charge in [-0.25, -0.2) is 9.97 Å². The van der Waals surface area contributed by atoms with E-state index < -0.39 is 11.8 Å². The van der Waals surface area contributed by atoms with Gasteiger partial charge in [-0.2, -0.15) is 0 Å². The molecule has 8 nitrogen and oxygen atoms in total. The van der Waals surface area contributed by atoms with Crippen LogP contribution in [-0.4, -0.2) is 51.7 Å². The van der Waals surface area contributed by atoms with Gasteiger partial charge in [-0.15, -0.1) is 11.3 Å². The topological polar surface area (TPSA) is 104 Å². The molecule has 0 radical (unpaired) electrons. The number of fused-ring (bicyclic) bond motifs is 1. The molecular formula is C27H34N6O2S. The average molecular weight is 507 g/mol. The minimum absolute atomic E-state index is 0.154. The highest BCUT2D eigenvalue weighted by Gasteiger charge is 2.35. The van der Waals surface area contributed by atoms with Gasteiger partial charge in [0, 0.05) is 6.54 Å². The van der Waals surface area contributed by atoms with Crippen LogP contribution in [0, 0.1) is 5.92 Å². The number of benzene rings is 1. The number of nitrogens with one attached hydrogen (secondary N) is 1. The van der Waals surface area contributed by atoms with Crippen molar-refractivity contribution in [3.8, 4) is 0 Å². The Balaban J connectivity index is 1.38. The van der Waals surface area contributed by atoms with E-state index in [4.69, 9.17) is 10.7 Å². The van der Waals surface area contributed by atoms with E-state index in [1.807, 2.05) is 6.92 Å². The summed E-state index contributed by atoms with van der Waals surface area (Å²) in [5.41, 5.74) is 9.21. The fraction of sp³-hybridized carbons (Fsp3) is 0.481. The second-order valence-electron chi connectivity index (χ2n) is 10.1. The fourth-order valence-electron chi connectivity index (χ4n) is 5.45. The zero-order chi connectivity index (χ0) is 25.4. The van der Waals surface area contributed by atoms with Crippen LogP contribution in [0.25, 0.3) is 10.2 Å². The van der Waals surface area contributed by atoms with Gasteiger partial charge < -0.3 is 16.0 Å². The molecule has 36 heavy (non-hydrogen) atoms. The number of carbonyl (C=O) groups excluding carboxylic acids is 2. The number of piperidine rings is 1. The lowest BCUT2D eigenvalue weighted by Crippen LogP contribution is -2.46. The van der Waals surface area contributed by atoms with Crippen LogP contribution in [0.15, 0.2) is 30.5 Å². The summed E-state index contributed by atoms with van der Waals surface area (Å²) >= 11 is 1.76. The van der Waals surface area contributed by atoms with Crippen molar-refractivity contribution in [3.05, 3.63) is 46.6 Å². The molecule has 2 fully saturated rings. The van der Waals surface area contributed by atoms with Crippen molar-refractivity contribution in [1.82, 2.24) is 19.8 Å². The van der Waals surface area contributed by atoms with Crippen molar-refractivity contribution in [1.29, 1.82) is 0 Å². The smallest absolute Gasteiger partial charge is 0.313 e. The summed E-state index contributed by atoms with van der Waals surface area (Å²) in [5, 5.41) is 3.89. The van der Waals surface area contributed by atoms with E-state index in [1.54, 1.807) is 22.3 Å². The molecule has 0 saturated carbocycles. The maximum absolute atomic E-state index is 13.4. The van der Waals surface area contributed by atoms with E-state index in [-0.39, 0.29) is 6.04 Å². The van der Waals surface area contributed by atoms with E-state index >= 15 is 0 Å². The van der Waals surface area contributed by atoms with Crippen LogP contribution in [-0.2, 0) is 16.0 Å². The number of pyridine rings is 1. The Morgan fingerprint density at radius 2 is 2.03 bits per heavy atom. The molecule has 2 aliphatic rings. The zero-order valence-electron chi connectivity index (χ0n) is 21.2. The number of aryl methyl sites for hydroxylation is 1. The van der Waals surface area contributed by atoms with Gasteiger partial charge in [-0.3, -0.25) is 14.5 Å². The Kier molecular flexibility index (Phi) is 6.94. The molecule has 1 unspecified atom stereocenters. The molecule has 0 aliphatic carbocycles. The maximum Gasteiger partial charge on any atom is 0.313 e. The molecule has 2 saturated heterocycles. The van der Waals surface area contributed by atoms with Crippen LogP contribution in [0.4, 0.5) is 11.5 Å². The molecular weight excluding hydrogens is 472 g/mol. The van der Waals surface area contributed by atoms with E-state index in [1.165, 1.54) is 12.6 Å². The van der Waals surface area contributed by atoms with Gasteiger partial charge in [-0.1, -0.05) is 19.9 Å². The lowest BCUT2D eigenvalue weighted by atomic mass is 9.89. The second kappa shape index (κ2) is 10.1. The van der Waals surface area contributed by atoms with Crippen LogP contribution >= 0.6 is 11.3 Å². The van der Waals surface area contributed by atoms with Crippen LogP contribution in [0.3, 0.4) is 0 Å². The maximum atomic E-state index is 13.4. The lowest BCUT2D eigenvalue weighted by Gasteiger charge is -2.38. The molecule has 5 rings (SSSR count). The minimum Gasteiger partial charge on any atom is -0.383 e. The third kappa shape index (κ3) is 4.82. The summed E-state index contributed by atoms with van der Waals surface area (Å²) in [6.07, 6.45) is 6.35. The number of likely N-dealkylation sites (tertiary alicyclic amines) is 2. The molecule has 2 aromatic heterocycles. The highest BCUT2D eigenvalue weighted by molar-refractivity contribution is 7.18. The van der Waals surface area contributed by atoms with Gasteiger partial charge in [0.2, 0.25) is 0 Å². The minimum atomic E-state index is -0.649. The van der Waals surface area contributed by atoms with Crippen LogP contribution in [0.5, 0.6) is 0 Å². The van der Waals surface area contributed by atoms with Gasteiger partial charge in [0.1, 0.15) is 10.8 Å². The fourth-order valence-corrected chi connectivity index (χ4v) is 6.59. The van der Waals surface area contributed by atoms with Crippen molar-refractivity contribution in [2.75, 3.05) is 31.2 Å². The first-order valence-electron chi connectivity index (χ1n) is 12.8. The summed E-state index contributed by atoms with van der Waals surface area (Å²) in [5.74, 6) is -0.403. The van der Waals surface area contributed by atoms with Gasteiger partial charge >= 0.3 is 11.8 Å². The summed E-state index contributed by atoms with van der Waals surface area (Å²) in [6, 6.07) is 8.34. The third-order valence-electron chi connectivity index (χ3n) is 7.53. The number of nitrogen functional groups attached to an aromatic ring is 1. The number of rotatable bonds is 4. The monoisotopic (exact) mass is 506 g/mol. The average Bonchev–Trinajstić information content (AvgIpc) is 3.49. The predicted octanol–water partition coefficient (Wildman–Crippen LogP) is 4.54. The molecule has 1 aromatic carbocycles. The van der Waals surface area contributed by atoms with Gasteiger partial charge in [0.15, 0.2) is 0 Å². The first-order chi connectivity index (χ1) is 17.3. The number of nitrogens with zero attached hydrogens (tertiary/aromatic N) is 4. The predicted molar refractivity (Wildman–Crippen MR) is 144 cm³/mol. The van der Waals surface area contributed by atoms with Crippen molar-refractivity contribution in [3.63, 3.8) is 0 Å². The number of thiazole rings is 1. The number of nitrogens with two attached hydrogens (primary N) is 1. The van der Waals surface area contributed by atoms with Crippen LogP contribution < -0.4 is 11.1 Å². The molecule has 2 aliphatic heterocycles. The normalized spacial score (nSPS) is 22.8. The highest BCUT2D eigenvalue weighted by atomic mass is 32.1. The molecule has 0 spiro atoms. The largest absolute Gasteiger partial charge is 0.383 e.